The van der Waals surface area contributed by atoms with Gasteiger partial charge in [-0.2, -0.15) is 0 Å². The van der Waals surface area contributed by atoms with Crippen LogP contribution in [0, 0.1) is 0 Å². The van der Waals surface area contributed by atoms with Gasteiger partial charge in [0.15, 0.2) is 17.1 Å². The quantitative estimate of drug-likeness (QED) is 0.183. The molecule has 10 bridgehead atoms. The third-order valence-electron chi connectivity index (χ3n) is 11.3. The molecule has 8 aromatic carbocycles. The molecule has 0 N–H and O–H groups in total. The number of benzene rings is 8. The van der Waals surface area contributed by atoms with E-state index in [1.807, 2.05) is 6.07 Å². The van der Waals surface area contributed by atoms with Gasteiger partial charge < -0.3 is 8.97 Å². The minimum Gasteiger partial charge on any atom is -0.309 e. The Morgan fingerprint density at radius 3 is 1.75 bits per heavy atom. The second-order valence-electron chi connectivity index (χ2n) is 14.5. The Kier molecular flexibility index (Phi) is 6.56. The molecule has 0 fully saturated rings. The normalized spacial score (nSPS) is 11.9. The predicted molar refractivity (Wildman–Crippen MR) is 232 cm³/mol. The lowest BCUT2D eigenvalue weighted by Crippen LogP contribution is -1.95. The molecule has 12 aromatic rings. The van der Waals surface area contributed by atoms with Crippen LogP contribution in [0.15, 0.2) is 188 Å². The molecule has 5 heteroatoms. The third-order valence-corrected chi connectivity index (χ3v) is 11.3. The summed E-state index contributed by atoms with van der Waals surface area (Å²) in [6.45, 7) is 0. The van der Waals surface area contributed by atoms with Crippen molar-refractivity contribution in [2.75, 3.05) is 0 Å². The monoisotopic (exact) mass is 713 g/mol. The van der Waals surface area contributed by atoms with Crippen molar-refractivity contribution < 1.29 is 0 Å². The van der Waals surface area contributed by atoms with Crippen molar-refractivity contribution in [3.8, 4) is 28.2 Å². The van der Waals surface area contributed by atoms with Crippen LogP contribution in [-0.2, 0) is 0 Å². The molecule has 0 radical (unpaired) electrons. The Bertz CT molecular complexity index is 3570. The summed E-state index contributed by atoms with van der Waals surface area (Å²) < 4.78 is 4.81. The smallest absolute Gasteiger partial charge is 0.164 e. The van der Waals surface area contributed by atoms with Crippen LogP contribution in [0.2, 0.25) is 0 Å². The molecule has 0 atom stereocenters. The minimum atomic E-state index is 0.634. The summed E-state index contributed by atoms with van der Waals surface area (Å²) in [7, 11) is 0. The first kappa shape index (κ1) is 30.8. The second kappa shape index (κ2) is 11.9. The van der Waals surface area contributed by atoms with Gasteiger partial charge >= 0.3 is 0 Å². The minimum absolute atomic E-state index is 0.634. The van der Waals surface area contributed by atoms with Crippen LogP contribution in [-0.4, -0.2) is 23.9 Å². The van der Waals surface area contributed by atoms with E-state index in [1.54, 1.807) is 0 Å². The van der Waals surface area contributed by atoms with Crippen molar-refractivity contribution in [3.63, 3.8) is 0 Å². The second-order valence-corrected chi connectivity index (χ2v) is 14.5. The van der Waals surface area contributed by atoms with Crippen molar-refractivity contribution in [1.82, 2.24) is 23.9 Å². The van der Waals surface area contributed by atoms with E-state index in [4.69, 9.17) is 15.0 Å². The van der Waals surface area contributed by atoms with Gasteiger partial charge in [0.05, 0.1) is 22.1 Å². The van der Waals surface area contributed by atoms with Crippen LogP contribution >= 0.6 is 0 Å². The Morgan fingerprint density at radius 1 is 0.321 bits per heavy atom. The summed E-state index contributed by atoms with van der Waals surface area (Å²) in [5.41, 5.74) is 11.4. The highest BCUT2D eigenvalue weighted by molar-refractivity contribution is 6.19. The molecule has 0 amide bonds. The first-order valence-corrected chi connectivity index (χ1v) is 18.9. The van der Waals surface area contributed by atoms with Crippen LogP contribution in [0.25, 0.3) is 110 Å². The van der Waals surface area contributed by atoms with Gasteiger partial charge in [0.25, 0.3) is 0 Å². The van der Waals surface area contributed by atoms with Crippen molar-refractivity contribution in [1.29, 1.82) is 0 Å². The number of hydrogen-bond donors (Lipinski definition) is 0. The van der Waals surface area contributed by atoms with Crippen LogP contribution in [0.3, 0.4) is 0 Å². The van der Waals surface area contributed by atoms with Gasteiger partial charge in [0.1, 0.15) is 0 Å². The summed E-state index contributed by atoms with van der Waals surface area (Å²) in [4.78, 5) is 15.5. The van der Waals surface area contributed by atoms with Gasteiger partial charge in [-0.05, 0) is 88.6 Å². The molecule has 0 spiro atoms. The van der Waals surface area contributed by atoms with E-state index in [0.29, 0.717) is 17.1 Å². The molecule has 0 aliphatic heterocycles. The molecule has 56 heavy (non-hydrogen) atoms. The summed E-state index contributed by atoms with van der Waals surface area (Å²) in [5, 5.41) is 8.83. The molecule has 0 saturated carbocycles. The fraction of sp³-hybridized carbons (Fsp3) is 0. The SMILES string of the molecule is c1ccc(-c2ccc(-c3nc4nc(n3)c3ccc5c(c3)c3cc6c(cc3n5-c3ccccc3)c3ccccc3n6c3cccc(c3)c3cccc4c3)cc2)cc1. The topological polar surface area (TPSA) is 48.0 Å². The average Bonchev–Trinajstić information content (AvgIpc) is 3.77. The highest BCUT2D eigenvalue weighted by Gasteiger charge is 2.18. The van der Waals surface area contributed by atoms with E-state index < -0.39 is 0 Å². The van der Waals surface area contributed by atoms with Gasteiger partial charge in [-0.1, -0.05) is 121 Å². The molecule has 0 unspecified atom stereocenters. The van der Waals surface area contributed by atoms with Gasteiger partial charge in [-0.15, -0.1) is 0 Å². The highest BCUT2D eigenvalue weighted by Crippen LogP contribution is 2.39. The Balaban J connectivity index is 1.25. The molecular formula is C51H31N5. The van der Waals surface area contributed by atoms with Crippen molar-refractivity contribution in [2.24, 2.45) is 0 Å². The average molecular weight is 714 g/mol. The number of rotatable bonds is 3. The van der Waals surface area contributed by atoms with Gasteiger partial charge in [0, 0.05) is 49.1 Å². The van der Waals surface area contributed by atoms with Crippen molar-refractivity contribution in [3.05, 3.63) is 188 Å². The fourth-order valence-electron chi connectivity index (χ4n) is 8.62. The molecule has 4 heterocycles. The summed E-state index contributed by atoms with van der Waals surface area (Å²) in [5.74, 6) is 0.635. The summed E-state index contributed by atoms with van der Waals surface area (Å²) in [6.07, 6.45) is 0. The van der Waals surface area contributed by atoms with Gasteiger partial charge in [0.2, 0.25) is 0 Å². The van der Waals surface area contributed by atoms with Crippen molar-refractivity contribution >= 4 is 82.0 Å². The van der Waals surface area contributed by atoms with Crippen LogP contribution in [0.4, 0.5) is 0 Å². The van der Waals surface area contributed by atoms with Crippen LogP contribution < -0.4 is 0 Å². The first-order valence-electron chi connectivity index (χ1n) is 18.9. The molecule has 0 aliphatic rings. The first-order chi connectivity index (χ1) is 27.7. The standard InChI is InChI=1S/C51H31N5/c1-3-11-32(12-4-1)33-21-23-34(24-22-33)49-52-50-37-15-9-13-35(27-37)36-14-10-18-40(28-36)56-45-20-8-7-19-41(45)43-30-48-44(31-47(43)56)42-29-38(51(53-49)54-50)25-26-46(42)55(48)39-16-5-2-6-17-39/h1-31H. The zero-order valence-corrected chi connectivity index (χ0v) is 30.1. The van der Waals surface area contributed by atoms with E-state index >= 15 is 0 Å². The maximum absolute atomic E-state index is 5.21. The number of hydrogen-bond acceptors (Lipinski definition) is 3. The zero-order valence-electron chi connectivity index (χ0n) is 30.1. The van der Waals surface area contributed by atoms with E-state index in [2.05, 4.69) is 191 Å². The third kappa shape index (κ3) is 4.71. The molecule has 0 saturated heterocycles. The van der Waals surface area contributed by atoms with Gasteiger partial charge in [-0.25, -0.2) is 15.0 Å². The fourth-order valence-corrected chi connectivity index (χ4v) is 8.62. The summed E-state index contributed by atoms with van der Waals surface area (Å²) in [6, 6.07) is 67.2. The molecule has 5 nitrogen and oxygen atoms in total. The molecule has 4 aromatic heterocycles. The zero-order chi connectivity index (χ0) is 36.7. The Hall–Kier alpha value is -7.63. The van der Waals surface area contributed by atoms with E-state index in [0.717, 1.165) is 65.8 Å². The lowest BCUT2D eigenvalue weighted by Gasteiger charge is -2.08. The predicted octanol–water partition coefficient (Wildman–Crippen LogP) is 12.9. The largest absolute Gasteiger partial charge is 0.309 e. The number of aromatic nitrogens is 5. The van der Waals surface area contributed by atoms with Gasteiger partial charge in [-0.3, -0.25) is 0 Å². The molecule has 12 rings (SSSR count). The molecule has 0 aliphatic carbocycles. The number of para-hydroxylation sites is 2. The van der Waals surface area contributed by atoms with Crippen molar-refractivity contribution in [2.45, 2.75) is 0 Å². The highest BCUT2D eigenvalue weighted by atomic mass is 15.0. The lowest BCUT2D eigenvalue weighted by atomic mass is 10.0. The summed E-state index contributed by atoms with van der Waals surface area (Å²) >= 11 is 0. The van der Waals surface area contributed by atoms with Crippen LogP contribution in [0.1, 0.15) is 0 Å². The number of fused-ring (bicyclic) bond motifs is 14. The maximum atomic E-state index is 5.21. The number of nitrogens with zero attached hydrogens (tertiary/aromatic N) is 5. The Labute approximate surface area is 321 Å². The molecular weight excluding hydrogens is 683 g/mol. The Morgan fingerprint density at radius 2 is 0.929 bits per heavy atom. The lowest BCUT2D eigenvalue weighted by molar-refractivity contribution is 1.18. The maximum Gasteiger partial charge on any atom is 0.164 e. The van der Waals surface area contributed by atoms with E-state index in [1.165, 1.54) is 27.2 Å². The van der Waals surface area contributed by atoms with E-state index in [9.17, 15) is 0 Å². The van der Waals surface area contributed by atoms with Crippen LogP contribution in [0.5, 0.6) is 0 Å². The van der Waals surface area contributed by atoms with E-state index in [-0.39, 0.29) is 0 Å². The molecule has 260 valence electrons.